The number of anilines is 1. The average Bonchev–Trinajstić information content (AvgIpc) is 2.79. The maximum absolute atomic E-state index is 12.0. The lowest BCUT2D eigenvalue weighted by molar-refractivity contribution is -0.117. The second kappa shape index (κ2) is 5.61. The number of halogens is 1. The molecule has 1 aliphatic rings. The Labute approximate surface area is 119 Å². The Kier molecular flexibility index (Phi) is 4.09. The number of hydrogen-bond donors (Lipinski definition) is 1. The highest BCUT2D eigenvalue weighted by atomic mass is 79.9. The number of rotatable bonds is 4. The normalized spacial score (nSPS) is 18.7. The second-order valence-corrected chi connectivity index (χ2v) is 5.07. The molecule has 0 saturated carbocycles. The third-order valence-corrected chi connectivity index (χ3v) is 4.06. The number of carboxylic acids is 1. The zero-order chi connectivity index (χ0) is 14.0. The summed E-state index contributed by atoms with van der Waals surface area (Å²) in [6.07, 6.45) is 0.495. The number of carboxylic acid groups (broad SMARTS) is 1. The largest absolute Gasteiger partial charge is 0.495 e. The van der Waals surface area contributed by atoms with E-state index in [-0.39, 0.29) is 17.4 Å². The van der Waals surface area contributed by atoms with E-state index in [9.17, 15) is 9.59 Å². The lowest BCUT2D eigenvalue weighted by atomic mass is 10.1. The predicted octanol–water partition coefficient (Wildman–Crippen LogP) is 2.14. The van der Waals surface area contributed by atoms with E-state index in [1.165, 1.54) is 19.2 Å². The van der Waals surface area contributed by atoms with Gasteiger partial charge in [-0.05, 0) is 24.1 Å². The fourth-order valence-electron chi connectivity index (χ4n) is 2.15. The van der Waals surface area contributed by atoms with Crippen LogP contribution in [0.4, 0.5) is 5.69 Å². The molecule has 0 radical (unpaired) electrons. The van der Waals surface area contributed by atoms with Crippen molar-refractivity contribution in [2.24, 2.45) is 5.92 Å². The first-order chi connectivity index (χ1) is 9.06. The zero-order valence-corrected chi connectivity index (χ0v) is 12.0. The van der Waals surface area contributed by atoms with Crippen LogP contribution in [0.2, 0.25) is 0 Å². The fraction of sp³-hybridized carbons (Fsp3) is 0.385. The van der Waals surface area contributed by atoms with Crippen molar-refractivity contribution in [2.75, 3.05) is 23.9 Å². The number of amides is 1. The highest BCUT2D eigenvalue weighted by Crippen LogP contribution is 2.34. The molecule has 0 aromatic heterocycles. The van der Waals surface area contributed by atoms with Crippen molar-refractivity contribution in [1.82, 2.24) is 0 Å². The highest BCUT2D eigenvalue weighted by Gasteiger charge is 2.31. The van der Waals surface area contributed by atoms with E-state index in [2.05, 4.69) is 15.9 Å². The van der Waals surface area contributed by atoms with Crippen molar-refractivity contribution in [1.29, 1.82) is 0 Å². The number of carbonyl (C=O) groups is 2. The van der Waals surface area contributed by atoms with E-state index in [0.717, 1.165) is 5.33 Å². The molecule has 6 heteroatoms. The van der Waals surface area contributed by atoms with E-state index in [0.29, 0.717) is 24.4 Å². The smallest absolute Gasteiger partial charge is 0.335 e. The summed E-state index contributed by atoms with van der Waals surface area (Å²) in [7, 11) is 1.47. The summed E-state index contributed by atoms with van der Waals surface area (Å²) < 4.78 is 5.20. The van der Waals surface area contributed by atoms with Crippen LogP contribution in [0.15, 0.2) is 18.2 Å². The van der Waals surface area contributed by atoms with Gasteiger partial charge in [-0.3, -0.25) is 4.79 Å². The van der Waals surface area contributed by atoms with Crippen LogP contribution >= 0.6 is 15.9 Å². The summed E-state index contributed by atoms with van der Waals surface area (Å²) in [4.78, 5) is 24.5. The molecule has 1 amide bonds. The SMILES string of the molecule is COc1cc(C(=O)O)ccc1N1CC(CBr)CC1=O. The summed E-state index contributed by atoms with van der Waals surface area (Å²) in [6, 6.07) is 4.54. The molecule has 1 heterocycles. The lowest BCUT2D eigenvalue weighted by Gasteiger charge is -2.19. The van der Waals surface area contributed by atoms with E-state index in [1.807, 2.05) is 0 Å². The molecule has 1 aromatic carbocycles. The molecule has 1 fully saturated rings. The van der Waals surface area contributed by atoms with Gasteiger partial charge in [0.25, 0.3) is 0 Å². The van der Waals surface area contributed by atoms with Crippen LogP contribution in [0.3, 0.4) is 0 Å². The Bertz CT molecular complexity index is 517. The van der Waals surface area contributed by atoms with Crippen molar-refractivity contribution < 1.29 is 19.4 Å². The fourth-order valence-corrected chi connectivity index (χ4v) is 2.59. The summed E-state index contributed by atoms with van der Waals surface area (Å²) in [5.74, 6) is -0.304. The molecular formula is C13H14BrNO4. The topological polar surface area (TPSA) is 66.8 Å². The van der Waals surface area contributed by atoms with Gasteiger partial charge in [0.15, 0.2) is 0 Å². The number of methoxy groups -OCH3 is 1. The molecule has 19 heavy (non-hydrogen) atoms. The Hall–Kier alpha value is -1.56. The molecule has 1 N–H and O–H groups in total. The maximum atomic E-state index is 12.0. The zero-order valence-electron chi connectivity index (χ0n) is 10.4. The van der Waals surface area contributed by atoms with Crippen LogP contribution in [-0.2, 0) is 4.79 Å². The number of carbonyl (C=O) groups excluding carboxylic acids is 1. The molecule has 0 spiro atoms. The molecule has 1 aliphatic heterocycles. The number of benzene rings is 1. The Morgan fingerprint density at radius 3 is 2.84 bits per heavy atom. The van der Waals surface area contributed by atoms with Crippen LogP contribution in [0.25, 0.3) is 0 Å². The van der Waals surface area contributed by atoms with E-state index in [4.69, 9.17) is 9.84 Å². The molecule has 1 saturated heterocycles. The molecule has 1 atom stereocenters. The molecule has 102 valence electrons. The first-order valence-corrected chi connectivity index (χ1v) is 6.96. The molecule has 1 unspecified atom stereocenters. The van der Waals surface area contributed by atoms with Crippen LogP contribution in [0.1, 0.15) is 16.8 Å². The summed E-state index contributed by atoms with van der Waals surface area (Å²) in [6.45, 7) is 0.618. The maximum Gasteiger partial charge on any atom is 0.335 e. The minimum Gasteiger partial charge on any atom is -0.495 e. The summed E-state index contributed by atoms with van der Waals surface area (Å²) in [5.41, 5.74) is 0.769. The molecule has 2 rings (SSSR count). The Balaban J connectivity index is 2.34. The van der Waals surface area contributed by atoms with Gasteiger partial charge in [0.05, 0.1) is 18.4 Å². The van der Waals surface area contributed by atoms with Gasteiger partial charge in [0.2, 0.25) is 5.91 Å². The molecule has 5 nitrogen and oxygen atoms in total. The van der Waals surface area contributed by atoms with Gasteiger partial charge in [-0.2, -0.15) is 0 Å². The monoisotopic (exact) mass is 327 g/mol. The van der Waals surface area contributed by atoms with Gasteiger partial charge in [-0.15, -0.1) is 0 Å². The summed E-state index contributed by atoms with van der Waals surface area (Å²) in [5, 5.41) is 9.72. The minimum atomic E-state index is -1.02. The quantitative estimate of drug-likeness (QED) is 0.860. The highest BCUT2D eigenvalue weighted by molar-refractivity contribution is 9.09. The van der Waals surface area contributed by atoms with Gasteiger partial charge in [0, 0.05) is 18.3 Å². The van der Waals surface area contributed by atoms with Crippen LogP contribution in [-0.4, -0.2) is 36.0 Å². The Morgan fingerprint density at radius 1 is 1.58 bits per heavy atom. The predicted molar refractivity (Wildman–Crippen MR) is 74.2 cm³/mol. The number of ether oxygens (including phenoxy) is 1. The van der Waals surface area contributed by atoms with Crippen LogP contribution in [0.5, 0.6) is 5.75 Å². The standard InChI is InChI=1S/C13H14BrNO4/c1-19-11-5-9(13(17)18)2-3-10(11)15-7-8(6-14)4-12(15)16/h2-3,5,8H,4,6-7H2,1H3,(H,17,18). The average molecular weight is 328 g/mol. The number of hydrogen-bond acceptors (Lipinski definition) is 3. The van der Waals surface area contributed by atoms with Crippen molar-refractivity contribution in [3.05, 3.63) is 23.8 Å². The van der Waals surface area contributed by atoms with Crippen LogP contribution < -0.4 is 9.64 Å². The summed E-state index contributed by atoms with van der Waals surface area (Å²) >= 11 is 3.38. The van der Waals surface area contributed by atoms with Gasteiger partial charge in [0.1, 0.15) is 5.75 Å². The van der Waals surface area contributed by atoms with Crippen molar-refractivity contribution in [2.45, 2.75) is 6.42 Å². The van der Waals surface area contributed by atoms with Gasteiger partial charge in [-0.25, -0.2) is 4.79 Å². The number of nitrogens with zero attached hydrogens (tertiary/aromatic N) is 1. The van der Waals surface area contributed by atoms with Gasteiger partial charge >= 0.3 is 5.97 Å². The van der Waals surface area contributed by atoms with Crippen molar-refractivity contribution >= 4 is 33.5 Å². The third kappa shape index (κ3) is 2.73. The lowest BCUT2D eigenvalue weighted by Crippen LogP contribution is -2.25. The van der Waals surface area contributed by atoms with Crippen molar-refractivity contribution in [3.63, 3.8) is 0 Å². The molecular weight excluding hydrogens is 314 g/mol. The van der Waals surface area contributed by atoms with E-state index in [1.54, 1.807) is 11.0 Å². The minimum absolute atomic E-state index is 0.0332. The third-order valence-electron chi connectivity index (χ3n) is 3.14. The first-order valence-electron chi connectivity index (χ1n) is 5.84. The second-order valence-electron chi connectivity index (χ2n) is 4.42. The molecule has 0 aliphatic carbocycles. The van der Waals surface area contributed by atoms with Gasteiger partial charge < -0.3 is 14.7 Å². The number of alkyl halides is 1. The molecule has 0 bridgehead atoms. The number of aromatic carboxylic acids is 1. The van der Waals surface area contributed by atoms with Crippen molar-refractivity contribution in [3.8, 4) is 5.75 Å². The van der Waals surface area contributed by atoms with E-state index < -0.39 is 5.97 Å². The van der Waals surface area contributed by atoms with E-state index >= 15 is 0 Å². The molecule has 1 aromatic rings. The van der Waals surface area contributed by atoms with Crippen LogP contribution in [0, 0.1) is 5.92 Å². The first kappa shape index (κ1) is 13.9. The Morgan fingerprint density at radius 2 is 2.32 bits per heavy atom. The van der Waals surface area contributed by atoms with Gasteiger partial charge in [-0.1, -0.05) is 15.9 Å².